The molecule has 1 aliphatic heterocycles. The number of isocyanates is 1. The molecule has 6 heteroatoms. The van der Waals surface area contributed by atoms with E-state index in [0.717, 1.165) is 0 Å². The molecule has 0 radical (unpaired) electrons. The molecule has 5 nitrogen and oxygen atoms in total. The largest absolute Gasteiger partial charge is 0.493 e. The predicted octanol–water partition coefficient (Wildman–Crippen LogP) is 2.32. The van der Waals surface area contributed by atoms with Gasteiger partial charge in [-0.3, -0.25) is 0 Å². The van der Waals surface area contributed by atoms with Crippen molar-refractivity contribution in [1.29, 1.82) is 0 Å². The van der Waals surface area contributed by atoms with Crippen molar-refractivity contribution in [1.82, 2.24) is 0 Å². The van der Waals surface area contributed by atoms with Crippen molar-refractivity contribution in [2.75, 3.05) is 20.3 Å². The Morgan fingerprint density at radius 2 is 2.15 bits per heavy atom. The van der Waals surface area contributed by atoms with E-state index in [0.29, 0.717) is 49.5 Å². The summed E-state index contributed by atoms with van der Waals surface area (Å²) in [4.78, 5) is 14.5. The second-order valence-electron chi connectivity index (χ2n) is 4.88. The molecular formula is C14H14FNO4. The SMILES string of the molecule is COc1c(F)cc2c(c1C1(N=C=O)CC1)OCCCO2. The minimum Gasteiger partial charge on any atom is -0.493 e. The van der Waals surface area contributed by atoms with Crippen LogP contribution in [0, 0.1) is 5.82 Å². The Morgan fingerprint density at radius 3 is 2.80 bits per heavy atom. The van der Waals surface area contributed by atoms with Gasteiger partial charge in [0.15, 0.2) is 23.1 Å². The lowest BCUT2D eigenvalue weighted by molar-refractivity contribution is 0.294. The number of carbonyl (C=O) groups excluding carboxylic acids is 1. The van der Waals surface area contributed by atoms with E-state index < -0.39 is 11.4 Å². The van der Waals surface area contributed by atoms with Crippen LogP contribution in [0.5, 0.6) is 17.2 Å². The summed E-state index contributed by atoms with van der Waals surface area (Å²) >= 11 is 0. The number of nitrogens with zero attached hydrogens (tertiary/aromatic N) is 1. The third-order valence-electron chi connectivity index (χ3n) is 3.60. The van der Waals surface area contributed by atoms with Gasteiger partial charge in [0, 0.05) is 12.5 Å². The Hall–Kier alpha value is -2.07. The molecule has 20 heavy (non-hydrogen) atoms. The van der Waals surface area contributed by atoms with Gasteiger partial charge in [-0.25, -0.2) is 9.18 Å². The van der Waals surface area contributed by atoms with Crippen molar-refractivity contribution in [2.24, 2.45) is 4.99 Å². The number of hydrogen-bond acceptors (Lipinski definition) is 5. The molecule has 1 aromatic carbocycles. The second kappa shape index (κ2) is 4.80. The molecule has 0 unspecified atom stereocenters. The maximum atomic E-state index is 14.2. The number of benzene rings is 1. The summed E-state index contributed by atoms with van der Waals surface area (Å²) in [5, 5.41) is 0. The maximum Gasteiger partial charge on any atom is 0.235 e. The van der Waals surface area contributed by atoms with Crippen LogP contribution in [0.25, 0.3) is 0 Å². The summed E-state index contributed by atoms with van der Waals surface area (Å²) in [5.41, 5.74) is -0.326. The van der Waals surface area contributed by atoms with Crippen molar-refractivity contribution < 1.29 is 23.4 Å². The van der Waals surface area contributed by atoms with Crippen LogP contribution in [0.3, 0.4) is 0 Å². The number of aliphatic imine (C=N–C) groups is 1. The van der Waals surface area contributed by atoms with Crippen molar-refractivity contribution in [3.05, 3.63) is 17.4 Å². The third kappa shape index (κ3) is 1.93. The van der Waals surface area contributed by atoms with Gasteiger partial charge in [0.25, 0.3) is 0 Å². The zero-order valence-electron chi connectivity index (χ0n) is 11.1. The van der Waals surface area contributed by atoms with E-state index in [1.165, 1.54) is 13.2 Å². The van der Waals surface area contributed by atoms with E-state index in [-0.39, 0.29) is 5.75 Å². The first kappa shape index (κ1) is 12.9. The van der Waals surface area contributed by atoms with Crippen molar-refractivity contribution >= 4 is 6.08 Å². The topological polar surface area (TPSA) is 57.1 Å². The summed E-state index contributed by atoms with van der Waals surface area (Å²) in [6.07, 6.45) is 3.55. The van der Waals surface area contributed by atoms with E-state index in [9.17, 15) is 9.18 Å². The monoisotopic (exact) mass is 279 g/mol. The van der Waals surface area contributed by atoms with Crippen LogP contribution in [0.2, 0.25) is 0 Å². The standard InChI is InChI=1S/C14H14FNO4/c1-18-12-9(15)7-10-13(20-6-2-5-19-10)11(12)14(3-4-14)16-8-17/h7H,2-6H2,1H3. The molecule has 0 bridgehead atoms. The number of fused-ring (bicyclic) bond motifs is 1. The number of ether oxygens (including phenoxy) is 3. The molecule has 106 valence electrons. The van der Waals surface area contributed by atoms with Crippen LogP contribution in [-0.2, 0) is 10.3 Å². The first-order chi connectivity index (χ1) is 9.72. The van der Waals surface area contributed by atoms with Crippen LogP contribution in [0.1, 0.15) is 24.8 Å². The van der Waals surface area contributed by atoms with E-state index >= 15 is 0 Å². The van der Waals surface area contributed by atoms with Gasteiger partial charge in [0.1, 0.15) is 5.54 Å². The highest BCUT2D eigenvalue weighted by atomic mass is 19.1. The molecule has 0 atom stereocenters. The van der Waals surface area contributed by atoms with Gasteiger partial charge in [-0.05, 0) is 12.8 Å². The molecule has 1 aliphatic carbocycles. The zero-order valence-corrected chi connectivity index (χ0v) is 11.1. The fraction of sp³-hybridized carbons (Fsp3) is 0.500. The van der Waals surface area contributed by atoms with E-state index in [1.54, 1.807) is 6.08 Å². The summed E-state index contributed by atoms with van der Waals surface area (Å²) in [6.45, 7) is 0.928. The average Bonchev–Trinajstić information content (AvgIpc) is 3.22. The summed E-state index contributed by atoms with van der Waals surface area (Å²) in [5.74, 6) is 0.283. The molecule has 1 heterocycles. The van der Waals surface area contributed by atoms with Gasteiger partial charge in [-0.2, -0.15) is 4.99 Å². The fourth-order valence-electron chi connectivity index (χ4n) is 2.50. The van der Waals surface area contributed by atoms with Gasteiger partial charge in [-0.15, -0.1) is 0 Å². The minimum absolute atomic E-state index is 0.0609. The smallest absolute Gasteiger partial charge is 0.235 e. The van der Waals surface area contributed by atoms with E-state index in [2.05, 4.69) is 4.99 Å². The highest BCUT2D eigenvalue weighted by Gasteiger charge is 2.50. The molecule has 2 aliphatic rings. The molecule has 1 fully saturated rings. The lowest BCUT2D eigenvalue weighted by Gasteiger charge is -2.20. The van der Waals surface area contributed by atoms with E-state index in [4.69, 9.17) is 14.2 Å². The minimum atomic E-state index is -0.785. The van der Waals surface area contributed by atoms with Crippen molar-refractivity contribution in [2.45, 2.75) is 24.8 Å². The molecule has 0 N–H and O–H groups in total. The summed E-state index contributed by atoms with van der Waals surface area (Å²) in [7, 11) is 1.38. The predicted molar refractivity (Wildman–Crippen MR) is 67.6 cm³/mol. The number of rotatable bonds is 3. The molecule has 1 saturated carbocycles. The fourth-order valence-corrected chi connectivity index (χ4v) is 2.50. The molecule has 0 aromatic heterocycles. The van der Waals surface area contributed by atoms with Crippen LogP contribution in [0.4, 0.5) is 4.39 Å². The molecule has 0 amide bonds. The zero-order chi connectivity index (χ0) is 14.2. The average molecular weight is 279 g/mol. The van der Waals surface area contributed by atoms with Crippen LogP contribution < -0.4 is 14.2 Å². The molecule has 1 aromatic rings. The number of halogens is 1. The van der Waals surface area contributed by atoms with Crippen molar-refractivity contribution in [3.8, 4) is 17.2 Å². The van der Waals surface area contributed by atoms with Gasteiger partial charge in [0.05, 0.1) is 25.9 Å². The van der Waals surface area contributed by atoms with Crippen molar-refractivity contribution in [3.63, 3.8) is 0 Å². The van der Waals surface area contributed by atoms with Gasteiger partial charge in [0.2, 0.25) is 6.08 Å². The molecule has 0 saturated heterocycles. The Bertz CT molecular complexity index is 591. The van der Waals surface area contributed by atoms with E-state index in [1.807, 2.05) is 0 Å². The highest BCUT2D eigenvalue weighted by molar-refractivity contribution is 5.61. The highest BCUT2D eigenvalue weighted by Crippen LogP contribution is 2.58. The Kier molecular flexibility index (Phi) is 3.10. The van der Waals surface area contributed by atoms with Gasteiger partial charge in [-0.1, -0.05) is 0 Å². The second-order valence-corrected chi connectivity index (χ2v) is 4.88. The van der Waals surface area contributed by atoms with Gasteiger partial charge >= 0.3 is 0 Å². The molecule has 3 rings (SSSR count). The Balaban J connectivity index is 2.24. The van der Waals surface area contributed by atoms with Gasteiger partial charge < -0.3 is 14.2 Å². The summed E-state index contributed by atoms with van der Waals surface area (Å²) in [6, 6.07) is 1.25. The Labute approximate surface area is 115 Å². The lowest BCUT2D eigenvalue weighted by atomic mass is 10.0. The first-order valence-corrected chi connectivity index (χ1v) is 6.47. The number of methoxy groups -OCH3 is 1. The number of hydrogen-bond donors (Lipinski definition) is 0. The lowest BCUT2D eigenvalue weighted by Crippen LogP contribution is -2.10. The quantitative estimate of drug-likeness (QED) is 0.629. The molecular weight excluding hydrogens is 265 g/mol. The Morgan fingerprint density at radius 1 is 1.40 bits per heavy atom. The van der Waals surface area contributed by atoms with Crippen LogP contribution >= 0.6 is 0 Å². The normalized spacial score (nSPS) is 18.7. The van der Waals surface area contributed by atoms with Crippen LogP contribution in [0.15, 0.2) is 11.1 Å². The first-order valence-electron chi connectivity index (χ1n) is 6.47. The molecule has 0 spiro atoms. The third-order valence-corrected chi connectivity index (χ3v) is 3.60. The maximum absolute atomic E-state index is 14.2. The van der Waals surface area contributed by atoms with Crippen LogP contribution in [-0.4, -0.2) is 26.4 Å². The summed E-state index contributed by atoms with van der Waals surface area (Å²) < 4.78 is 30.5.